The third-order valence-corrected chi connectivity index (χ3v) is 5.06. The van der Waals surface area contributed by atoms with Crippen LogP contribution in [0.4, 0.5) is 0 Å². The predicted octanol–water partition coefficient (Wildman–Crippen LogP) is 3.99. The van der Waals surface area contributed by atoms with Gasteiger partial charge in [0.05, 0.1) is 18.1 Å². The van der Waals surface area contributed by atoms with Gasteiger partial charge >= 0.3 is 5.97 Å². The van der Waals surface area contributed by atoms with E-state index in [-0.39, 0.29) is 27.7 Å². The number of nitrogens with one attached hydrogen (secondary N) is 1. The highest BCUT2D eigenvalue weighted by Gasteiger charge is 2.22. The van der Waals surface area contributed by atoms with Crippen molar-refractivity contribution in [2.24, 2.45) is 0 Å². The Morgan fingerprint density at radius 3 is 2.72 bits per heavy atom. The zero-order valence-electron chi connectivity index (χ0n) is 15.3. The lowest BCUT2D eigenvalue weighted by Crippen LogP contribution is -2.30. The molecule has 1 N–H and O–H groups in total. The van der Waals surface area contributed by atoms with E-state index in [4.69, 9.17) is 33.0 Å². The second-order valence-corrected chi connectivity index (χ2v) is 7.02. The number of carbonyl (C=O) groups is 1. The third kappa shape index (κ3) is 3.50. The van der Waals surface area contributed by atoms with Crippen LogP contribution in [-0.4, -0.2) is 22.0 Å². The molecule has 1 aromatic carbocycles. The summed E-state index contributed by atoms with van der Waals surface area (Å²) in [5, 5.41) is 0.832. The summed E-state index contributed by atoms with van der Waals surface area (Å²) >= 11 is 11.5. The Morgan fingerprint density at radius 1 is 1.31 bits per heavy atom. The number of hydrogen-bond donors (Lipinski definition) is 1. The van der Waals surface area contributed by atoms with Crippen molar-refractivity contribution in [1.29, 1.82) is 0 Å². The molecular formula is C21H15ClN2O4S. The maximum atomic E-state index is 12.7. The Hall–Kier alpha value is -3.16. The Kier molecular flexibility index (Phi) is 5.08. The molecule has 3 heterocycles. The van der Waals surface area contributed by atoms with E-state index in [0.717, 1.165) is 5.56 Å². The van der Waals surface area contributed by atoms with Gasteiger partial charge in [0.25, 0.3) is 5.56 Å². The fourth-order valence-corrected chi connectivity index (χ4v) is 3.51. The largest absolute Gasteiger partial charge is 0.465 e. The number of hydrogen-bond acceptors (Lipinski definition) is 5. The van der Waals surface area contributed by atoms with Crippen molar-refractivity contribution in [3.63, 3.8) is 0 Å². The smallest absolute Gasteiger partial charge is 0.342 e. The second-order valence-electron chi connectivity index (χ2n) is 6.20. The monoisotopic (exact) mass is 426 g/mol. The fourth-order valence-electron chi connectivity index (χ4n) is 3.09. The average Bonchev–Trinajstić information content (AvgIpc) is 3.34. The van der Waals surface area contributed by atoms with Gasteiger partial charge in [0.2, 0.25) is 0 Å². The zero-order valence-corrected chi connectivity index (χ0v) is 16.8. The lowest BCUT2D eigenvalue weighted by atomic mass is 10.0. The molecule has 0 spiro atoms. The number of aromatic nitrogens is 2. The Morgan fingerprint density at radius 2 is 2.07 bits per heavy atom. The number of fused-ring (bicyclic) bond motifs is 1. The van der Waals surface area contributed by atoms with Gasteiger partial charge in [-0.1, -0.05) is 36.0 Å². The number of H-pyrrole nitrogens is 1. The van der Waals surface area contributed by atoms with Crippen LogP contribution in [0, 0.1) is 4.64 Å². The lowest BCUT2D eigenvalue weighted by Gasteiger charge is -2.05. The van der Waals surface area contributed by atoms with Gasteiger partial charge in [-0.3, -0.25) is 9.20 Å². The van der Waals surface area contributed by atoms with Crippen LogP contribution >= 0.6 is 23.8 Å². The Bertz CT molecular complexity index is 1370. The van der Waals surface area contributed by atoms with E-state index in [9.17, 15) is 9.59 Å². The number of nitrogens with zero attached hydrogens (tertiary/aromatic N) is 1. The molecule has 4 aromatic rings. The van der Waals surface area contributed by atoms with Gasteiger partial charge in [0.1, 0.15) is 21.6 Å². The van der Waals surface area contributed by atoms with E-state index in [1.165, 1.54) is 6.26 Å². The molecule has 3 aromatic heterocycles. The second kappa shape index (κ2) is 7.69. The van der Waals surface area contributed by atoms with Gasteiger partial charge in [-0.25, -0.2) is 4.79 Å². The first-order valence-electron chi connectivity index (χ1n) is 8.79. The van der Waals surface area contributed by atoms with Crippen LogP contribution in [0.15, 0.2) is 58.1 Å². The topological polar surface area (TPSA) is 76.7 Å². The number of carbonyl (C=O) groups excluding carboxylic acids is 1. The number of furan rings is 1. The van der Waals surface area contributed by atoms with Gasteiger partial charge in [-0.05, 0) is 42.8 Å². The molecule has 0 atom stereocenters. The molecule has 146 valence electrons. The van der Waals surface area contributed by atoms with Gasteiger partial charge in [0, 0.05) is 16.8 Å². The summed E-state index contributed by atoms with van der Waals surface area (Å²) in [6, 6.07) is 10.5. The SMILES string of the molecule is CCOC(=O)c1c(-c2ccc(Cl)cc2)cn2c(=S)c(=Cc3ccco3)c(=O)[nH]c12. The lowest BCUT2D eigenvalue weighted by molar-refractivity contribution is 0.0529. The molecule has 0 saturated carbocycles. The molecule has 0 bridgehead atoms. The molecule has 8 heteroatoms. The normalized spacial score (nSPS) is 11.9. The summed E-state index contributed by atoms with van der Waals surface area (Å²) in [5.74, 6) is -0.0515. The molecule has 0 aliphatic carbocycles. The zero-order chi connectivity index (χ0) is 20.5. The van der Waals surface area contributed by atoms with E-state index < -0.39 is 11.5 Å². The van der Waals surface area contributed by atoms with Crippen molar-refractivity contribution < 1.29 is 13.9 Å². The summed E-state index contributed by atoms with van der Waals surface area (Å²) in [6.45, 7) is 1.92. The summed E-state index contributed by atoms with van der Waals surface area (Å²) in [7, 11) is 0. The van der Waals surface area contributed by atoms with Crippen molar-refractivity contribution >= 4 is 41.5 Å². The van der Waals surface area contributed by atoms with Gasteiger partial charge < -0.3 is 14.1 Å². The van der Waals surface area contributed by atoms with Crippen molar-refractivity contribution in [2.75, 3.05) is 6.61 Å². The highest BCUT2D eigenvalue weighted by Crippen LogP contribution is 2.29. The number of benzene rings is 1. The van der Waals surface area contributed by atoms with Crippen molar-refractivity contribution in [1.82, 2.24) is 9.38 Å². The van der Waals surface area contributed by atoms with Crippen LogP contribution in [-0.2, 0) is 4.74 Å². The minimum Gasteiger partial charge on any atom is -0.465 e. The van der Waals surface area contributed by atoms with Gasteiger partial charge in [-0.2, -0.15) is 0 Å². The number of aromatic amines is 1. The quantitative estimate of drug-likeness (QED) is 0.394. The summed E-state index contributed by atoms with van der Waals surface area (Å²) in [5.41, 5.74) is 1.41. The summed E-state index contributed by atoms with van der Waals surface area (Å²) in [4.78, 5) is 28.2. The van der Waals surface area contributed by atoms with Crippen LogP contribution < -0.4 is 10.8 Å². The highest BCUT2D eigenvalue weighted by atomic mass is 35.5. The maximum absolute atomic E-state index is 12.7. The van der Waals surface area contributed by atoms with Crippen molar-refractivity contribution in [2.45, 2.75) is 6.92 Å². The molecule has 4 rings (SSSR count). The average molecular weight is 427 g/mol. The molecule has 0 saturated heterocycles. The molecule has 0 radical (unpaired) electrons. The Balaban J connectivity index is 2.06. The fraction of sp³-hybridized carbons (Fsp3) is 0.0952. The predicted molar refractivity (Wildman–Crippen MR) is 113 cm³/mol. The number of rotatable bonds is 4. The maximum Gasteiger partial charge on any atom is 0.342 e. The van der Waals surface area contributed by atoms with Crippen LogP contribution in [0.3, 0.4) is 0 Å². The molecule has 6 nitrogen and oxygen atoms in total. The highest BCUT2D eigenvalue weighted by molar-refractivity contribution is 7.71. The van der Waals surface area contributed by atoms with E-state index in [2.05, 4.69) is 4.98 Å². The van der Waals surface area contributed by atoms with Crippen molar-refractivity contribution in [3.05, 3.63) is 85.4 Å². The first-order chi connectivity index (χ1) is 14.0. The molecule has 0 unspecified atom stereocenters. The first kappa shape index (κ1) is 19.2. The summed E-state index contributed by atoms with van der Waals surface area (Å²) < 4.78 is 12.4. The van der Waals surface area contributed by atoms with E-state index in [0.29, 0.717) is 16.3 Å². The number of halogens is 1. The van der Waals surface area contributed by atoms with E-state index in [1.54, 1.807) is 60.0 Å². The Labute approximate surface area is 175 Å². The molecule has 0 amide bonds. The molecule has 0 fully saturated rings. The van der Waals surface area contributed by atoms with Gasteiger partial charge in [0.15, 0.2) is 0 Å². The van der Waals surface area contributed by atoms with Crippen molar-refractivity contribution in [3.8, 4) is 11.1 Å². The van der Waals surface area contributed by atoms with Crippen LogP contribution in [0.25, 0.3) is 22.9 Å². The van der Waals surface area contributed by atoms with Crippen LogP contribution in [0.1, 0.15) is 23.0 Å². The van der Waals surface area contributed by atoms with E-state index >= 15 is 0 Å². The number of esters is 1. The van der Waals surface area contributed by atoms with Crippen LogP contribution in [0.2, 0.25) is 5.02 Å². The standard InChI is InChI=1S/C21H15ClN2O4S/c1-2-27-21(26)17-16(12-5-7-13(22)8-6-12)11-24-18(17)23-19(25)15(20(24)29)10-14-4-3-9-28-14/h3-11H,2H2,1H3,(H,23,25). The minimum atomic E-state index is -0.548. The molecule has 0 aliphatic heterocycles. The van der Waals surface area contributed by atoms with Gasteiger partial charge in [-0.15, -0.1) is 0 Å². The molecule has 0 aliphatic rings. The first-order valence-corrected chi connectivity index (χ1v) is 9.58. The molecule has 29 heavy (non-hydrogen) atoms. The number of ether oxygens (including phenoxy) is 1. The minimum absolute atomic E-state index is 0.200. The van der Waals surface area contributed by atoms with E-state index in [1.807, 2.05) is 0 Å². The third-order valence-electron chi connectivity index (χ3n) is 4.40. The summed E-state index contributed by atoms with van der Waals surface area (Å²) in [6.07, 6.45) is 4.78. The molecular weight excluding hydrogens is 412 g/mol. The van der Waals surface area contributed by atoms with Crippen LogP contribution in [0.5, 0.6) is 0 Å².